The molecule has 17 heavy (non-hydrogen) atoms. The highest BCUT2D eigenvalue weighted by Crippen LogP contribution is 2.03. The molecule has 90 valence electrons. The fourth-order valence-corrected chi connectivity index (χ4v) is 1.36. The molecular weight excluding hydrogens is 224 g/mol. The van der Waals surface area contributed by atoms with Crippen LogP contribution in [-0.4, -0.2) is 25.8 Å². The van der Waals surface area contributed by atoms with Crippen molar-refractivity contribution in [3.63, 3.8) is 0 Å². The zero-order valence-corrected chi connectivity index (χ0v) is 9.25. The quantitative estimate of drug-likeness (QED) is 0.780. The van der Waals surface area contributed by atoms with E-state index in [1.54, 1.807) is 6.20 Å². The van der Waals surface area contributed by atoms with Crippen LogP contribution in [-0.2, 0) is 20.1 Å². The van der Waals surface area contributed by atoms with Gasteiger partial charge in [0.1, 0.15) is 5.82 Å². The summed E-state index contributed by atoms with van der Waals surface area (Å²) in [6.45, 7) is 0.986. The largest absolute Gasteiger partial charge is 0.476 e. The van der Waals surface area contributed by atoms with E-state index in [2.05, 4.69) is 15.5 Å². The smallest absolute Gasteiger partial charge is 0.358 e. The topological polar surface area (TPSA) is 93.2 Å². The SMILES string of the molecule is Cn1ccnc1CNCc1cc(C(=O)O)no1. The zero-order chi connectivity index (χ0) is 12.3. The molecule has 2 aromatic rings. The van der Waals surface area contributed by atoms with E-state index in [9.17, 15) is 4.79 Å². The number of rotatable bonds is 5. The second kappa shape index (κ2) is 4.79. The van der Waals surface area contributed by atoms with Gasteiger partial charge in [-0.05, 0) is 0 Å². The summed E-state index contributed by atoms with van der Waals surface area (Å²) in [6.07, 6.45) is 3.57. The predicted octanol–water partition coefficient (Wildman–Crippen LogP) is 0.396. The second-order valence-electron chi connectivity index (χ2n) is 3.54. The fraction of sp³-hybridized carbons (Fsp3) is 0.300. The molecule has 2 rings (SSSR count). The molecule has 0 aliphatic carbocycles. The van der Waals surface area contributed by atoms with Gasteiger partial charge in [-0.2, -0.15) is 0 Å². The van der Waals surface area contributed by atoms with Crippen molar-refractivity contribution in [2.24, 2.45) is 7.05 Å². The van der Waals surface area contributed by atoms with Crippen LogP contribution in [0.1, 0.15) is 22.1 Å². The van der Waals surface area contributed by atoms with Gasteiger partial charge in [-0.15, -0.1) is 0 Å². The van der Waals surface area contributed by atoms with Gasteiger partial charge in [-0.1, -0.05) is 5.16 Å². The van der Waals surface area contributed by atoms with E-state index in [0.717, 1.165) is 5.82 Å². The average Bonchev–Trinajstić information content (AvgIpc) is 2.89. The molecule has 0 aliphatic rings. The van der Waals surface area contributed by atoms with Crippen LogP contribution in [0.2, 0.25) is 0 Å². The number of carboxylic acids is 1. The van der Waals surface area contributed by atoms with Crippen LogP contribution in [0.3, 0.4) is 0 Å². The van der Waals surface area contributed by atoms with Gasteiger partial charge >= 0.3 is 5.97 Å². The number of aromatic carboxylic acids is 1. The number of imidazole rings is 1. The lowest BCUT2D eigenvalue weighted by molar-refractivity contribution is 0.0685. The van der Waals surface area contributed by atoms with Crippen LogP contribution < -0.4 is 5.32 Å². The van der Waals surface area contributed by atoms with Gasteiger partial charge < -0.3 is 19.5 Å². The molecule has 0 saturated heterocycles. The van der Waals surface area contributed by atoms with E-state index >= 15 is 0 Å². The maximum Gasteiger partial charge on any atom is 0.358 e. The number of aryl methyl sites for hydroxylation is 1. The summed E-state index contributed by atoms with van der Waals surface area (Å²) in [5.74, 6) is 0.281. The summed E-state index contributed by atoms with van der Waals surface area (Å²) in [4.78, 5) is 14.7. The lowest BCUT2D eigenvalue weighted by Crippen LogP contribution is -2.15. The highest BCUT2D eigenvalue weighted by atomic mass is 16.5. The van der Waals surface area contributed by atoms with Gasteiger partial charge in [0.2, 0.25) is 0 Å². The van der Waals surface area contributed by atoms with Crippen molar-refractivity contribution in [1.29, 1.82) is 0 Å². The Morgan fingerprint density at radius 2 is 2.41 bits per heavy atom. The Balaban J connectivity index is 1.86. The van der Waals surface area contributed by atoms with Crippen LogP contribution in [0.4, 0.5) is 0 Å². The lowest BCUT2D eigenvalue weighted by atomic mass is 10.3. The highest BCUT2D eigenvalue weighted by molar-refractivity contribution is 5.85. The highest BCUT2D eigenvalue weighted by Gasteiger charge is 2.10. The van der Waals surface area contributed by atoms with E-state index in [1.165, 1.54) is 6.07 Å². The standard InChI is InChI=1S/C10H12N4O3/c1-14-3-2-12-9(14)6-11-5-7-4-8(10(15)16)13-17-7/h2-4,11H,5-6H2,1H3,(H,15,16). The molecule has 2 aromatic heterocycles. The molecule has 0 fully saturated rings. The van der Waals surface area contributed by atoms with E-state index in [0.29, 0.717) is 18.8 Å². The third-order valence-electron chi connectivity index (χ3n) is 2.28. The Bertz CT molecular complexity index is 517. The average molecular weight is 236 g/mol. The number of nitrogens with zero attached hydrogens (tertiary/aromatic N) is 3. The molecule has 0 aliphatic heterocycles. The molecular formula is C10H12N4O3. The molecule has 0 radical (unpaired) electrons. The van der Waals surface area contributed by atoms with E-state index in [-0.39, 0.29) is 5.69 Å². The first kappa shape index (κ1) is 11.3. The van der Waals surface area contributed by atoms with E-state index in [1.807, 2.05) is 17.8 Å². The first-order valence-corrected chi connectivity index (χ1v) is 5.02. The van der Waals surface area contributed by atoms with Gasteiger partial charge in [0, 0.05) is 25.5 Å². The van der Waals surface area contributed by atoms with Crippen molar-refractivity contribution in [3.8, 4) is 0 Å². The lowest BCUT2D eigenvalue weighted by Gasteiger charge is -2.01. The minimum atomic E-state index is -1.09. The van der Waals surface area contributed by atoms with Crippen molar-refractivity contribution in [1.82, 2.24) is 20.0 Å². The van der Waals surface area contributed by atoms with Crippen molar-refractivity contribution in [2.45, 2.75) is 13.1 Å². The third kappa shape index (κ3) is 2.70. The molecule has 7 nitrogen and oxygen atoms in total. The molecule has 2 N–H and O–H groups in total. The van der Waals surface area contributed by atoms with Gasteiger partial charge in [-0.25, -0.2) is 9.78 Å². The van der Waals surface area contributed by atoms with Gasteiger partial charge in [0.15, 0.2) is 11.5 Å². The maximum absolute atomic E-state index is 10.6. The number of nitrogens with one attached hydrogen (secondary N) is 1. The number of aromatic nitrogens is 3. The number of hydrogen-bond acceptors (Lipinski definition) is 5. The van der Waals surface area contributed by atoms with Crippen molar-refractivity contribution in [3.05, 3.63) is 35.7 Å². The summed E-state index contributed by atoms with van der Waals surface area (Å²) >= 11 is 0. The predicted molar refractivity (Wildman–Crippen MR) is 57.2 cm³/mol. The zero-order valence-electron chi connectivity index (χ0n) is 9.25. The number of hydrogen-bond donors (Lipinski definition) is 2. The monoisotopic (exact) mass is 236 g/mol. The maximum atomic E-state index is 10.6. The van der Waals surface area contributed by atoms with Crippen LogP contribution in [0.5, 0.6) is 0 Å². The summed E-state index contributed by atoms with van der Waals surface area (Å²) in [7, 11) is 1.90. The molecule has 0 unspecified atom stereocenters. The van der Waals surface area contributed by atoms with Gasteiger partial charge in [0.25, 0.3) is 0 Å². The Morgan fingerprint density at radius 1 is 1.59 bits per heavy atom. The first-order chi connectivity index (χ1) is 8.16. The normalized spacial score (nSPS) is 10.6. The molecule has 7 heteroatoms. The fourth-order valence-electron chi connectivity index (χ4n) is 1.36. The number of carboxylic acid groups (broad SMARTS) is 1. The first-order valence-electron chi connectivity index (χ1n) is 5.02. The Kier molecular flexibility index (Phi) is 3.20. The van der Waals surface area contributed by atoms with Crippen LogP contribution in [0.15, 0.2) is 23.0 Å². The summed E-state index contributed by atoms with van der Waals surface area (Å²) in [5.41, 5.74) is -0.0845. The summed E-state index contributed by atoms with van der Waals surface area (Å²) in [5, 5.41) is 15.2. The third-order valence-corrected chi connectivity index (χ3v) is 2.28. The van der Waals surface area contributed by atoms with Gasteiger partial charge in [0.05, 0.1) is 13.1 Å². The molecule has 0 amide bonds. The van der Waals surface area contributed by atoms with Gasteiger partial charge in [-0.3, -0.25) is 0 Å². The molecule has 2 heterocycles. The molecule has 0 atom stereocenters. The Hall–Kier alpha value is -2.15. The molecule has 0 aromatic carbocycles. The van der Waals surface area contributed by atoms with Crippen LogP contribution in [0.25, 0.3) is 0 Å². The molecule has 0 spiro atoms. The minimum absolute atomic E-state index is 0.0845. The molecule has 0 bridgehead atoms. The van der Waals surface area contributed by atoms with Crippen molar-refractivity contribution < 1.29 is 14.4 Å². The second-order valence-corrected chi connectivity index (χ2v) is 3.54. The Morgan fingerprint density at radius 3 is 3.00 bits per heavy atom. The van der Waals surface area contributed by atoms with E-state index < -0.39 is 5.97 Å². The molecule has 0 saturated carbocycles. The van der Waals surface area contributed by atoms with Crippen LogP contribution >= 0.6 is 0 Å². The van der Waals surface area contributed by atoms with Crippen molar-refractivity contribution >= 4 is 5.97 Å². The van der Waals surface area contributed by atoms with Crippen molar-refractivity contribution in [2.75, 3.05) is 0 Å². The summed E-state index contributed by atoms with van der Waals surface area (Å²) < 4.78 is 6.75. The minimum Gasteiger partial charge on any atom is -0.476 e. The Labute approximate surface area is 97.1 Å². The summed E-state index contributed by atoms with van der Waals surface area (Å²) in [6, 6.07) is 1.40. The van der Waals surface area contributed by atoms with E-state index in [4.69, 9.17) is 9.63 Å². The van der Waals surface area contributed by atoms with Crippen LogP contribution in [0, 0.1) is 0 Å². The number of carbonyl (C=O) groups is 1.